The summed E-state index contributed by atoms with van der Waals surface area (Å²) in [4.78, 5) is 0. The lowest BCUT2D eigenvalue weighted by molar-refractivity contribution is 0.262. The zero-order valence-electron chi connectivity index (χ0n) is 9.25. The van der Waals surface area contributed by atoms with Gasteiger partial charge in [-0.1, -0.05) is 24.6 Å². The number of nitrogens with zero attached hydrogens (tertiary/aromatic N) is 4. The Morgan fingerprint density at radius 2 is 1.88 bits per heavy atom. The number of aliphatic hydroxyl groups is 2. The monoisotopic (exact) mass is 246 g/mol. The second-order valence-electron chi connectivity index (χ2n) is 3.39. The fraction of sp³-hybridized carbons (Fsp3) is 0.889. The first-order chi connectivity index (χ1) is 7.88. The molecule has 1 aromatic heterocycles. The number of aliphatic hydroxyl groups excluding tert-OH is 2. The quantitative estimate of drug-likeness (QED) is 0.482. The first-order valence-corrected chi connectivity index (χ1v) is 6.47. The van der Waals surface area contributed by atoms with Crippen molar-refractivity contribution in [1.82, 2.24) is 20.2 Å². The Labute approximate surface area is 99.0 Å². The lowest BCUT2D eigenvalue weighted by Gasteiger charge is -2.02. The van der Waals surface area contributed by atoms with Gasteiger partial charge in [0.2, 0.25) is 5.16 Å². The first-order valence-electron chi connectivity index (χ1n) is 5.49. The number of unbranched alkanes of at least 4 members (excludes halogenated alkanes) is 3. The largest absolute Gasteiger partial charge is 0.396 e. The summed E-state index contributed by atoms with van der Waals surface area (Å²) in [7, 11) is 0. The summed E-state index contributed by atoms with van der Waals surface area (Å²) in [6.45, 7) is 0.775. The van der Waals surface area contributed by atoms with E-state index in [2.05, 4.69) is 15.5 Å². The van der Waals surface area contributed by atoms with Gasteiger partial charge in [0.15, 0.2) is 0 Å². The molecule has 7 heteroatoms. The summed E-state index contributed by atoms with van der Waals surface area (Å²) < 4.78 is 1.61. The van der Waals surface area contributed by atoms with Crippen molar-refractivity contribution < 1.29 is 10.2 Å². The summed E-state index contributed by atoms with van der Waals surface area (Å²) in [5.74, 6) is 0.969. The van der Waals surface area contributed by atoms with Gasteiger partial charge >= 0.3 is 0 Å². The van der Waals surface area contributed by atoms with Crippen LogP contribution in [0.4, 0.5) is 0 Å². The Morgan fingerprint density at radius 3 is 2.62 bits per heavy atom. The number of rotatable bonds is 9. The summed E-state index contributed by atoms with van der Waals surface area (Å²) in [5, 5.41) is 29.4. The molecule has 6 nitrogen and oxygen atoms in total. The van der Waals surface area contributed by atoms with Crippen LogP contribution in [-0.2, 0) is 6.54 Å². The Hall–Kier alpha value is -0.660. The summed E-state index contributed by atoms with van der Waals surface area (Å²) in [5.41, 5.74) is 0. The van der Waals surface area contributed by atoms with Crippen molar-refractivity contribution in [3.8, 4) is 0 Å². The fourth-order valence-corrected chi connectivity index (χ4v) is 2.17. The van der Waals surface area contributed by atoms with Crippen LogP contribution >= 0.6 is 11.8 Å². The number of thioether (sulfide) groups is 1. The van der Waals surface area contributed by atoms with Crippen LogP contribution in [0.3, 0.4) is 0 Å². The molecule has 1 rings (SSSR count). The molecule has 0 aliphatic carbocycles. The molecule has 92 valence electrons. The summed E-state index contributed by atoms with van der Waals surface area (Å²) in [6, 6.07) is 0. The van der Waals surface area contributed by atoms with E-state index in [1.807, 2.05) is 0 Å². The molecule has 16 heavy (non-hydrogen) atoms. The molecule has 0 radical (unpaired) electrons. The topological polar surface area (TPSA) is 84.1 Å². The van der Waals surface area contributed by atoms with Crippen LogP contribution in [0, 0.1) is 0 Å². The molecule has 0 bridgehead atoms. The van der Waals surface area contributed by atoms with Crippen LogP contribution in [0.25, 0.3) is 0 Å². The molecule has 1 aromatic rings. The lowest BCUT2D eigenvalue weighted by Crippen LogP contribution is -2.05. The van der Waals surface area contributed by atoms with Crippen LogP contribution in [0.2, 0.25) is 0 Å². The predicted octanol–water partition coefficient (Wildman–Crippen LogP) is 0.310. The van der Waals surface area contributed by atoms with E-state index < -0.39 is 0 Å². The highest BCUT2D eigenvalue weighted by molar-refractivity contribution is 7.99. The minimum Gasteiger partial charge on any atom is -0.396 e. The molecule has 1 heterocycles. The van der Waals surface area contributed by atoms with Gasteiger partial charge < -0.3 is 10.2 Å². The maximum absolute atomic E-state index is 8.78. The van der Waals surface area contributed by atoms with Crippen molar-refractivity contribution in [3.05, 3.63) is 0 Å². The molecule has 0 aliphatic heterocycles. The zero-order valence-corrected chi connectivity index (χ0v) is 10.1. The van der Waals surface area contributed by atoms with Crippen molar-refractivity contribution >= 4 is 11.8 Å². The SMILES string of the molecule is OCCCCCCSc1nnnn1CCO. The normalized spacial score (nSPS) is 10.9. The van der Waals surface area contributed by atoms with E-state index in [0.717, 1.165) is 36.6 Å². The second kappa shape index (κ2) is 8.49. The van der Waals surface area contributed by atoms with Crippen molar-refractivity contribution in [1.29, 1.82) is 0 Å². The average Bonchev–Trinajstić information content (AvgIpc) is 2.72. The summed E-state index contributed by atoms with van der Waals surface area (Å²) in [6.07, 6.45) is 4.16. The van der Waals surface area contributed by atoms with Crippen LogP contribution in [0.5, 0.6) is 0 Å². The molecule has 0 aromatic carbocycles. The van der Waals surface area contributed by atoms with Crippen molar-refractivity contribution in [2.45, 2.75) is 37.4 Å². The smallest absolute Gasteiger partial charge is 0.209 e. The zero-order chi connectivity index (χ0) is 11.6. The molecule has 0 fully saturated rings. The van der Waals surface area contributed by atoms with Gasteiger partial charge in [0, 0.05) is 12.4 Å². The fourth-order valence-electron chi connectivity index (χ4n) is 1.27. The molecule has 0 saturated heterocycles. The van der Waals surface area contributed by atoms with E-state index in [-0.39, 0.29) is 13.2 Å². The van der Waals surface area contributed by atoms with Crippen LogP contribution in [0.1, 0.15) is 25.7 Å². The minimum absolute atomic E-state index is 0.0507. The van der Waals surface area contributed by atoms with E-state index >= 15 is 0 Å². The van der Waals surface area contributed by atoms with Crippen LogP contribution in [0.15, 0.2) is 5.16 Å². The molecule has 0 unspecified atom stereocenters. The average molecular weight is 246 g/mol. The summed E-state index contributed by atoms with van der Waals surface area (Å²) >= 11 is 1.60. The van der Waals surface area contributed by atoms with E-state index in [0.29, 0.717) is 6.54 Å². The van der Waals surface area contributed by atoms with Gasteiger partial charge in [-0.25, -0.2) is 4.68 Å². The molecular formula is C9H18N4O2S. The van der Waals surface area contributed by atoms with Gasteiger partial charge in [0.05, 0.1) is 13.2 Å². The number of aromatic nitrogens is 4. The van der Waals surface area contributed by atoms with Crippen molar-refractivity contribution in [2.75, 3.05) is 19.0 Å². The van der Waals surface area contributed by atoms with Gasteiger partial charge in [0.1, 0.15) is 0 Å². The highest BCUT2D eigenvalue weighted by Crippen LogP contribution is 2.16. The molecule has 2 N–H and O–H groups in total. The third-order valence-corrected chi connectivity index (χ3v) is 3.14. The van der Waals surface area contributed by atoms with E-state index in [9.17, 15) is 0 Å². The van der Waals surface area contributed by atoms with Gasteiger partial charge in [-0.3, -0.25) is 0 Å². The Kier molecular flexibility index (Phi) is 7.11. The maximum atomic E-state index is 8.78. The first kappa shape index (κ1) is 13.4. The highest BCUT2D eigenvalue weighted by atomic mass is 32.2. The Balaban J connectivity index is 2.13. The standard InChI is InChI=1S/C9H18N4O2S/c14-6-3-1-2-4-8-16-9-10-11-12-13(9)5-7-15/h14-15H,1-8H2. The minimum atomic E-state index is 0.0507. The van der Waals surface area contributed by atoms with Gasteiger partial charge in [-0.2, -0.15) is 0 Å². The van der Waals surface area contributed by atoms with Crippen LogP contribution < -0.4 is 0 Å². The van der Waals surface area contributed by atoms with E-state index in [1.54, 1.807) is 16.4 Å². The molecule has 0 atom stereocenters. The Morgan fingerprint density at radius 1 is 1.06 bits per heavy atom. The van der Waals surface area contributed by atoms with E-state index in [1.165, 1.54) is 0 Å². The maximum Gasteiger partial charge on any atom is 0.209 e. The number of hydrogen-bond donors (Lipinski definition) is 2. The van der Waals surface area contributed by atoms with Crippen molar-refractivity contribution in [2.24, 2.45) is 0 Å². The molecular weight excluding hydrogens is 228 g/mol. The molecule has 0 saturated carbocycles. The number of hydrogen-bond acceptors (Lipinski definition) is 6. The third-order valence-electron chi connectivity index (χ3n) is 2.09. The highest BCUT2D eigenvalue weighted by Gasteiger charge is 2.05. The molecule has 0 spiro atoms. The van der Waals surface area contributed by atoms with Gasteiger partial charge in [-0.05, 0) is 23.3 Å². The van der Waals surface area contributed by atoms with Gasteiger partial charge in [0.25, 0.3) is 0 Å². The van der Waals surface area contributed by atoms with Gasteiger partial charge in [-0.15, -0.1) is 5.10 Å². The van der Waals surface area contributed by atoms with E-state index in [4.69, 9.17) is 10.2 Å². The predicted molar refractivity (Wildman–Crippen MR) is 61.2 cm³/mol. The Bertz CT molecular complexity index is 282. The lowest BCUT2D eigenvalue weighted by atomic mass is 10.2. The van der Waals surface area contributed by atoms with Crippen LogP contribution in [-0.4, -0.2) is 49.4 Å². The van der Waals surface area contributed by atoms with Crippen molar-refractivity contribution in [3.63, 3.8) is 0 Å². The molecule has 0 aliphatic rings. The number of tetrazole rings is 1. The second-order valence-corrected chi connectivity index (χ2v) is 4.46. The molecule has 0 amide bonds. The third kappa shape index (κ3) is 4.91.